The summed E-state index contributed by atoms with van der Waals surface area (Å²) in [6.45, 7) is 3.55. The number of carbonyl (C=O) groups excluding carboxylic acids is 1. The van der Waals surface area contributed by atoms with Crippen LogP contribution in [0.3, 0.4) is 0 Å². The van der Waals surface area contributed by atoms with Gasteiger partial charge in [0, 0.05) is 12.0 Å². The number of hydrogen-bond acceptors (Lipinski definition) is 2. The first-order valence-corrected chi connectivity index (χ1v) is 5.41. The van der Waals surface area contributed by atoms with Crippen molar-refractivity contribution in [1.29, 1.82) is 0 Å². The maximum Gasteiger partial charge on any atom is 0.155 e. The van der Waals surface area contributed by atoms with Crippen molar-refractivity contribution in [2.24, 2.45) is 0 Å². The number of hydrogen-bond donors (Lipinski definition) is 0. The van der Waals surface area contributed by atoms with Gasteiger partial charge in [0.05, 0.1) is 6.26 Å². The Morgan fingerprint density at radius 3 is 2.81 bits per heavy atom. The number of ether oxygens (including phenoxy) is 1. The molecule has 1 aromatic rings. The van der Waals surface area contributed by atoms with Crippen LogP contribution in [0.25, 0.3) is 5.57 Å². The van der Waals surface area contributed by atoms with Crippen molar-refractivity contribution in [1.82, 2.24) is 0 Å². The van der Waals surface area contributed by atoms with Gasteiger partial charge in [0.25, 0.3) is 0 Å². The highest BCUT2D eigenvalue weighted by Gasteiger charge is 2.14. The highest BCUT2D eigenvalue weighted by Crippen LogP contribution is 2.31. The Morgan fingerprint density at radius 1 is 1.25 bits per heavy atom. The Labute approximate surface area is 95.2 Å². The van der Waals surface area contributed by atoms with Crippen LogP contribution < -0.4 is 4.74 Å². The van der Waals surface area contributed by atoms with Gasteiger partial charge in [0.2, 0.25) is 0 Å². The second kappa shape index (κ2) is 4.79. The predicted molar refractivity (Wildman–Crippen MR) is 64.1 cm³/mol. The summed E-state index contributed by atoms with van der Waals surface area (Å²) < 4.78 is 5.34. The fraction of sp³-hybridized carbons (Fsp3) is 0.214. The summed E-state index contributed by atoms with van der Waals surface area (Å²) in [7, 11) is 0. The molecule has 0 radical (unpaired) electrons. The first-order chi connectivity index (χ1) is 7.81. The van der Waals surface area contributed by atoms with E-state index in [9.17, 15) is 4.79 Å². The van der Waals surface area contributed by atoms with Gasteiger partial charge in [-0.15, -0.1) is 0 Å². The van der Waals surface area contributed by atoms with Crippen LogP contribution in [0.5, 0.6) is 5.75 Å². The molecule has 0 aromatic heterocycles. The second-order valence-electron chi connectivity index (χ2n) is 3.77. The van der Waals surface area contributed by atoms with E-state index in [-0.39, 0.29) is 5.78 Å². The van der Waals surface area contributed by atoms with Crippen LogP contribution in [-0.4, -0.2) is 5.78 Å². The summed E-state index contributed by atoms with van der Waals surface area (Å²) >= 11 is 0. The smallest absolute Gasteiger partial charge is 0.155 e. The summed E-state index contributed by atoms with van der Waals surface area (Å²) in [5.74, 6) is 0.966. The zero-order chi connectivity index (χ0) is 11.4. The van der Waals surface area contributed by atoms with Crippen LogP contribution in [0.4, 0.5) is 0 Å². The Hall–Kier alpha value is -1.83. The molecule has 82 valence electrons. The van der Waals surface area contributed by atoms with Crippen LogP contribution in [0.15, 0.2) is 43.2 Å². The zero-order valence-corrected chi connectivity index (χ0v) is 9.11. The first kappa shape index (κ1) is 10.7. The molecule has 0 fully saturated rings. The van der Waals surface area contributed by atoms with Gasteiger partial charge in [-0.2, -0.15) is 0 Å². The lowest BCUT2D eigenvalue weighted by atomic mass is 9.92. The van der Waals surface area contributed by atoms with Crippen molar-refractivity contribution in [2.75, 3.05) is 0 Å². The molecule has 1 aliphatic rings. The highest BCUT2D eigenvalue weighted by atomic mass is 16.5. The molecule has 0 spiro atoms. The van der Waals surface area contributed by atoms with E-state index in [4.69, 9.17) is 4.74 Å². The second-order valence-corrected chi connectivity index (χ2v) is 3.77. The van der Waals surface area contributed by atoms with Crippen molar-refractivity contribution < 1.29 is 9.53 Å². The number of allylic oxidation sites excluding steroid dienone is 2. The molecule has 0 N–H and O–H groups in total. The molecule has 0 unspecified atom stereocenters. The van der Waals surface area contributed by atoms with Crippen molar-refractivity contribution in [3.05, 3.63) is 48.7 Å². The van der Waals surface area contributed by atoms with Gasteiger partial charge in [0.1, 0.15) is 5.75 Å². The van der Waals surface area contributed by atoms with Gasteiger partial charge in [-0.1, -0.05) is 24.8 Å². The fourth-order valence-corrected chi connectivity index (χ4v) is 1.93. The maximum absolute atomic E-state index is 11.4. The van der Waals surface area contributed by atoms with Crippen LogP contribution in [0.2, 0.25) is 0 Å². The van der Waals surface area contributed by atoms with E-state index in [2.05, 4.69) is 6.58 Å². The molecule has 0 bridgehead atoms. The van der Waals surface area contributed by atoms with Crippen LogP contribution in [-0.2, 0) is 4.79 Å². The van der Waals surface area contributed by atoms with Gasteiger partial charge in [-0.3, -0.25) is 4.79 Å². The van der Waals surface area contributed by atoms with Gasteiger partial charge in [0.15, 0.2) is 5.78 Å². The van der Waals surface area contributed by atoms with Crippen molar-refractivity contribution >= 4 is 11.4 Å². The molecule has 2 heteroatoms. The topological polar surface area (TPSA) is 26.3 Å². The summed E-state index contributed by atoms with van der Waals surface area (Å²) in [5, 5.41) is 0. The highest BCUT2D eigenvalue weighted by molar-refractivity contribution is 5.98. The molecule has 2 nitrogen and oxygen atoms in total. The average Bonchev–Trinajstić information content (AvgIpc) is 2.30. The van der Waals surface area contributed by atoms with E-state index in [0.717, 1.165) is 29.7 Å². The molecule has 1 aliphatic carbocycles. The third-order valence-corrected chi connectivity index (χ3v) is 2.65. The molecule has 1 aromatic carbocycles. The molecule has 0 aliphatic heterocycles. The van der Waals surface area contributed by atoms with Gasteiger partial charge in [-0.05, 0) is 30.6 Å². The number of ketones is 1. The van der Waals surface area contributed by atoms with E-state index >= 15 is 0 Å². The lowest BCUT2D eigenvalue weighted by Gasteiger charge is -2.14. The third kappa shape index (κ3) is 2.22. The molecule has 0 saturated carbocycles. The zero-order valence-electron chi connectivity index (χ0n) is 9.11. The minimum Gasteiger partial charge on any atom is -0.465 e. The van der Waals surface area contributed by atoms with Crippen LogP contribution in [0.1, 0.15) is 24.8 Å². The first-order valence-electron chi connectivity index (χ1n) is 5.41. The molecule has 2 rings (SSSR count). The van der Waals surface area contributed by atoms with E-state index in [0.29, 0.717) is 6.42 Å². The molecule has 0 heterocycles. The molecular weight excluding hydrogens is 200 g/mol. The SMILES string of the molecule is C=COc1ccccc1C1=CC(=O)CCC1. The summed E-state index contributed by atoms with van der Waals surface area (Å²) in [6.07, 6.45) is 5.66. The number of rotatable bonds is 3. The third-order valence-electron chi connectivity index (χ3n) is 2.65. The number of carbonyl (C=O) groups is 1. The average molecular weight is 214 g/mol. The minimum atomic E-state index is 0.203. The fourth-order valence-electron chi connectivity index (χ4n) is 1.93. The van der Waals surface area contributed by atoms with Crippen LogP contribution >= 0.6 is 0 Å². The van der Waals surface area contributed by atoms with Gasteiger partial charge in [-0.25, -0.2) is 0 Å². The van der Waals surface area contributed by atoms with E-state index < -0.39 is 0 Å². The largest absolute Gasteiger partial charge is 0.465 e. The van der Waals surface area contributed by atoms with Crippen molar-refractivity contribution in [3.63, 3.8) is 0 Å². The summed E-state index contributed by atoms with van der Waals surface area (Å²) in [4.78, 5) is 11.4. The lowest BCUT2D eigenvalue weighted by Crippen LogP contribution is -2.02. The summed E-state index contributed by atoms with van der Waals surface area (Å²) in [6, 6.07) is 7.72. The van der Waals surface area contributed by atoms with Crippen LogP contribution in [0, 0.1) is 0 Å². The lowest BCUT2D eigenvalue weighted by molar-refractivity contribution is -0.114. The molecule has 0 amide bonds. The van der Waals surface area contributed by atoms with E-state index in [1.165, 1.54) is 6.26 Å². The predicted octanol–water partition coefficient (Wildman–Crippen LogP) is 3.35. The van der Waals surface area contributed by atoms with E-state index in [1.54, 1.807) is 6.08 Å². The Balaban J connectivity index is 2.38. The number of para-hydroxylation sites is 1. The quantitative estimate of drug-likeness (QED) is 0.721. The molecular formula is C14H14O2. The molecule has 0 atom stereocenters. The van der Waals surface area contributed by atoms with Gasteiger partial charge < -0.3 is 4.74 Å². The monoisotopic (exact) mass is 214 g/mol. The molecule has 0 saturated heterocycles. The van der Waals surface area contributed by atoms with E-state index in [1.807, 2.05) is 24.3 Å². The minimum absolute atomic E-state index is 0.203. The Kier molecular flexibility index (Phi) is 3.20. The standard InChI is InChI=1S/C14H14O2/c1-2-16-14-9-4-3-8-13(14)11-6-5-7-12(15)10-11/h2-4,8-10H,1,5-7H2. The Bertz CT molecular complexity index is 444. The Morgan fingerprint density at radius 2 is 2.06 bits per heavy atom. The van der Waals surface area contributed by atoms with Crippen molar-refractivity contribution in [3.8, 4) is 5.75 Å². The van der Waals surface area contributed by atoms with Gasteiger partial charge >= 0.3 is 0 Å². The normalized spacial score (nSPS) is 15.5. The molecule has 16 heavy (non-hydrogen) atoms. The summed E-state index contributed by atoms with van der Waals surface area (Å²) in [5.41, 5.74) is 2.06. The van der Waals surface area contributed by atoms with Crippen molar-refractivity contribution in [2.45, 2.75) is 19.3 Å². The number of benzene rings is 1. The maximum atomic E-state index is 11.4.